The van der Waals surface area contributed by atoms with E-state index in [9.17, 15) is 4.79 Å². The van der Waals surface area contributed by atoms with Gasteiger partial charge in [0, 0.05) is 28.7 Å². The highest BCUT2D eigenvalue weighted by atomic mass is 79.9. The summed E-state index contributed by atoms with van der Waals surface area (Å²) in [5.41, 5.74) is 2.53. The van der Waals surface area contributed by atoms with E-state index in [0.717, 1.165) is 34.0 Å². The van der Waals surface area contributed by atoms with Crippen LogP contribution >= 0.6 is 15.9 Å². The minimum atomic E-state index is -0.289. The molecule has 0 N–H and O–H groups in total. The van der Waals surface area contributed by atoms with Crippen molar-refractivity contribution in [1.82, 2.24) is 14.9 Å². The number of aromatic nitrogens is 2. The molecule has 2 heterocycles. The maximum absolute atomic E-state index is 12.5. The maximum Gasteiger partial charge on any atom is 0.339 e. The summed E-state index contributed by atoms with van der Waals surface area (Å²) in [5.74, 6) is -0.0713. The van der Waals surface area contributed by atoms with Crippen LogP contribution in [0.15, 0.2) is 59.3 Å². The van der Waals surface area contributed by atoms with Gasteiger partial charge in [0.05, 0.1) is 16.8 Å². The Balaban J connectivity index is 1.57. The van der Waals surface area contributed by atoms with Gasteiger partial charge in [-0.3, -0.25) is 4.90 Å². The monoisotopic (exact) mass is 425 g/mol. The Kier molecular flexibility index (Phi) is 5.18. The second-order valence-corrected chi connectivity index (χ2v) is 7.76. The Morgan fingerprint density at radius 3 is 2.81 bits per heavy atom. The summed E-state index contributed by atoms with van der Waals surface area (Å²) in [5, 5.41) is 1.05. The zero-order valence-corrected chi connectivity index (χ0v) is 16.6. The van der Waals surface area contributed by atoms with Gasteiger partial charge < -0.3 is 4.74 Å². The number of carbonyl (C=O) groups is 1. The molecule has 2 atom stereocenters. The molecule has 5 nitrogen and oxygen atoms in total. The topological polar surface area (TPSA) is 55.3 Å². The minimum Gasteiger partial charge on any atom is -0.443 e. The average Bonchev–Trinajstić information content (AvgIpc) is 2.70. The lowest BCUT2D eigenvalue weighted by Gasteiger charge is -2.36. The van der Waals surface area contributed by atoms with Gasteiger partial charge >= 0.3 is 5.97 Å². The molecule has 1 aliphatic rings. The predicted octanol–water partition coefficient (Wildman–Crippen LogP) is 4.38. The summed E-state index contributed by atoms with van der Waals surface area (Å²) >= 11 is 3.54. The Morgan fingerprint density at radius 2 is 2.00 bits per heavy atom. The van der Waals surface area contributed by atoms with Gasteiger partial charge in [0.2, 0.25) is 0 Å². The van der Waals surface area contributed by atoms with Gasteiger partial charge in [-0.2, -0.15) is 0 Å². The number of ether oxygens (including phenoxy) is 1. The van der Waals surface area contributed by atoms with Crippen LogP contribution in [-0.2, 0) is 4.74 Å². The number of benzene rings is 2. The fourth-order valence-electron chi connectivity index (χ4n) is 3.57. The second kappa shape index (κ2) is 7.74. The van der Waals surface area contributed by atoms with Crippen LogP contribution in [0.1, 0.15) is 34.8 Å². The largest absolute Gasteiger partial charge is 0.443 e. The molecule has 2 aromatic carbocycles. The van der Waals surface area contributed by atoms with Crippen LogP contribution in [0.3, 0.4) is 0 Å². The number of piperidine rings is 1. The van der Waals surface area contributed by atoms with Crippen LogP contribution in [-0.4, -0.2) is 40.7 Å². The summed E-state index contributed by atoms with van der Waals surface area (Å²) in [4.78, 5) is 23.5. The van der Waals surface area contributed by atoms with Gasteiger partial charge in [-0.05, 0) is 43.8 Å². The molecule has 0 bridgehead atoms. The highest BCUT2D eigenvalue weighted by molar-refractivity contribution is 9.10. The molecule has 2 unspecified atom stereocenters. The third-order valence-corrected chi connectivity index (χ3v) is 5.57. The Bertz CT molecular complexity index is 964. The van der Waals surface area contributed by atoms with Crippen molar-refractivity contribution in [3.63, 3.8) is 0 Å². The molecule has 0 radical (unpaired) electrons. The molecule has 1 fully saturated rings. The number of hydrogen-bond acceptors (Lipinski definition) is 5. The third-order valence-electron chi connectivity index (χ3n) is 5.08. The Morgan fingerprint density at radius 1 is 1.19 bits per heavy atom. The standard InChI is InChI=1S/C21H20BrN3O2/c1-25-10-9-15(11-19(25)27-21(26)14-5-3-2-4-6-14)20-17-12-16(22)7-8-18(17)23-13-24-20/h2-8,12-13,15,19H,9-11H2,1H3. The van der Waals surface area contributed by atoms with E-state index >= 15 is 0 Å². The average molecular weight is 426 g/mol. The number of rotatable bonds is 3. The first-order valence-corrected chi connectivity index (χ1v) is 9.77. The zero-order chi connectivity index (χ0) is 18.8. The van der Waals surface area contributed by atoms with Crippen molar-refractivity contribution in [3.8, 4) is 0 Å². The van der Waals surface area contributed by atoms with Crippen molar-refractivity contribution in [2.75, 3.05) is 13.6 Å². The highest BCUT2D eigenvalue weighted by Crippen LogP contribution is 2.34. The van der Waals surface area contributed by atoms with E-state index < -0.39 is 0 Å². The van der Waals surface area contributed by atoms with Crippen molar-refractivity contribution in [3.05, 3.63) is 70.6 Å². The van der Waals surface area contributed by atoms with Gasteiger partial charge in [0.15, 0.2) is 6.23 Å². The molecule has 4 rings (SSSR count). The first-order valence-electron chi connectivity index (χ1n) is 8.98. The first-order chi connectivity index (χ1) is 13.1. The van der Waals surface area contributed by atoms with Crippen LogP contribution in [0, 0.1) is 0 Å². The number of likely N-dealkylation sites (tertiary alicyclic amines) is 1. The minimum absolute atomic E-state index is 0.217. The summed E-state index contributed by atoms with van der Waals surface area (Å²) in [7, 11) is 1.99. The normalized spacial score (nSPS) is 20.5. The summed E-state index contributed by atoms with van der Waals surface area (Å²) < 4.78 is 6.82. The summed E-state index contributed by atoms with van der Waals surface area (Å²) in [6.07, 6.45) is 3.03. The van der Waals surface area contributed by atoms with Gasteiger partial charge in [0.1, 0.15) is 6.33 Å². The van der Waals surface area contributed by atoms with Crippen molar-refractivity contribution < 1.29 is 9.53 Å². The van der Waals surface area contributed by atoms with Crippen LogP contribution in [0.4, 0.5) is 0 Å². The highest BCUT2D eigenvalue weighted by Gasteiger charge is 2.31. The lowest BCUT2D eigenvalue weighted by atomic mass is 9.90. The fraction of sp³-hybridized carbons (Fsp3) is 0.286. The van der Waals surface area contributed by atoms with Crippen molar-refractivity contribution in [2.45, 2.75) is 25.0 Å². The molecular formula is C21H20BrN3O2. The fourth-order valence-corrected chi connectivity index (χ4v) is 3.93. The van der Waals surface area contributed by atoms with Crippen LogP contribution < -0.4 is 0 Å². The molecule has 1 saturated heterocycles. The van der Waals surface area contributed by atoms with E-state index in [1.165, 1.54) is 0 Å². The molecule has 0 saturated carbocycles. The summed E-state index contributed by atoms with van der Waals surface area (Å²) in [6, 6.07) is 15.2. The van der Waals surface area contributed by atoms with Crippen LogP contribution in [0.25, 0.3) is 10.9 Å². The number of halogens is 1. The molecule has 3 aromatic rings. The predicted molar refractivity (Wildman–Crippen MR) is 107 cm³/mol. The molecule has 0 aliphatic carbocycles. The molecule has 27 heavy (non-hydrogen) atoms. The molecule has 1 aliphatic heterocycles. The van der Waals surface area contributed by atoms with E-state index in [-0.39, 0.29) is 18.1 Å². The smallest absolute Gasteiger partial charge is 0.339 e. The van der Waals surface area contributed by atoms with Crippen molar-refractivity contribution in [1.29, 1.82) is 0 Å². The van der Waals surface area contributed by atoms with E-state index in [0.29, 0.717) is 12.0 Å². The van der Waals surface area contributed by atoms with Crippen LogP contribution in [0.5, 0.6) is 0 Å². The van der Waals surface area contributed by atoms with Crippen molar-refractivity contribution >= 4 is 32.8 Å². The molecule has 0 amide bonds. The molecule has 138 valence electrons. The van der Waals surface area contributed by atoms with E-state index in [1.807, 2.05) is 37.4 Å². The molecule has 6 heteroatoms. The van der Waals surface area contributed by atoms with Gasteiger partial charge in [-0.25, -0.2) is 14.8 Å². The molecule has 1 aromatic heterocycles. The number of nitrogens with zero attached hydrogens (tertiary/aromatic N) is 3. The second-order valence-electron chi connectivity index (χ2n) is 6.85. The van der Waals surface area contributed by atoms with Crippen molar-refractivity contribution in [2.24, 2.45) is 0 Å². The van der Waals surface area contributed by atoms with E-state index in [4.69, 9.17) is 4.74 Å². The van der Waals surface area contributed by atoms with Gasteiger partial charge in [-0.1, -0.05) is 34.1 Å². The van der Waals surface area contributed by atoms with E-state index in [2.05, 4.69) is 36.9 Å². The van der Waals surface area contributed by atoms with Gasteiger partial charge in [-0.15, -0.1) is 0 Å². The Hall–Kier alpha value is -2.31. The van der Waals surface area contributed by atoms with Crippen LogP contribution in [0.2, 0.25) is 0 Å². The SMILES string of the molecule is CN1CCC(c2ncnc3ccc(Br)cc23)CC1OC(=O)c1ccccc1. The van der Waals surface area contributed by atoms with Gasteiger partial charge in [0.25, 0.3) is 0 Å². The number of hydrogen-bond donors (Lipinski definition) is 0. The number of esters is 1. The molecular weight excluding hydrogens is 406 g/mol. The first kappa shape index (κ1) is 18.1. The maximum atomic E-state index is 12.5. The lowest BCUT2D eigenvalue weighted by molar-refractivity contribution is -0.0442. The van der Waals surface area contributed by atoms with E-state index in [1.54, 1.807) is 18.5 Å². The lowest BCUT2D eigenvalue weighted by Crippen LogP contribution is -2.42. The summed E-state index contributed by atoms with van der Waals surface area (Å²) in [6.45, 7) is 0.844. The third kappa shape index (κ3) is 3.87. The number of carbonyl (C=O) groups excluding carboxylic acids is 1. The quantitative estimate of drug-likeness (QED) is 0.582. The molecule has 0 spiro atoms. The zero-order valence-electron chi connectivity index (χ0n) is 15.0. The number of fused-ring (bicyclic) bond motifs is 1. The Labute approximate surface area is 166 Å².